The maximum absolute atomic E-state index is 12.5. The van der Waals surface area contributed by atoms with Gasteiger partial charge in [0.2, 0.25) is 0 Å². The molecule has 0 amide bonds. The van der Waals surface area contributed by atoms with E-state index in [2.05, 4.69) is 20.9 Å². The number of hydrogen-bond acceptors (Lipinski definition) is 2. The van der Waals surface area contributed by atoms with E-state index in [-0.39, 0.29) is 5.69 Å². The smallest absolute Gasteiger partial charge is 0.390 e. The van der Waals surface area contributed by atoms with Gasteiger partial charge in [-0.05, 0) is 15.9 Å². The Bertz CT molecular complexity index is 393. The van der Waals surface area contributed by atoms with Crippen molar-refractivity contribution in [2.45, 2.75) is 19.2 Å². The Labute approximate surface area is 95.2 Å². The molecule has 0 bridgehead atoms. The van der Waals surface area contributed by atoms with E-state index in [4.69, 9.17) is 5.11 Å². The SMILES string of the molecule is OCc1ncc(C(F)F)c(C(F)(F)F)c1Br. The van der Waals surface area contributed by atoms with E-state index >= 15 is 0 Å². The minimum absolute atomic E-state index is 0.336. The van der Waals surface area contributed by atoms with E-state index in [0.717, 1.165) is 0 Å². The van der Waals surface area contributed by atoms with Crippen LogP contribution in [0.3, 0.4) is 0 Å². The topological polar surface area (TPSA) is 33.1 Å². The van der Waals surface area contributed by atoms with Crippen molar-refractivity contribution in [2.75, 3.05) is 0 Å². The molecule has 16 heavy (non-hydrogen) atoms. The summed E-state index contributed by atoms with van der Waals surface area (Å²) in [6, 6.07) is 0. The van der Waals surface area contributed by atoms with Crippen LogP contribution >= 0.6 is 15.9 Å². The molecule has 0 unspecified atom stereocenters. The molecule has 0 aliphatic rings. The lowest BCUT2D eigenvalue weighted by Gasteiger charge is -2.15. The fourth-order valence-electron chi connectivity index (χ4n) is 1.10. The van der Waals surface area contributed by atoms with Crippen LogP contribution in [0.2, 0.25) is 0 Å². The van der Waals surface area contributed by atoms with E-state index in [9.17, 15) is 22.0 Å². The van der Waals surface area contributed by atoms with Crippen molar-refractivity contribution in [3.8, 4) is 0 Å². The van der Waals surface area contributed by atoms with Crippen molar-refractivity contribution in [3.63, 3.8) is 0 Å². The average Bonchev–Trinajstić information content (AvgIpc) is 2.14. The van der Waals surface area contributed by atoms with Crippen LogP contribution < -0.4 is 0 Å². The lowest BCUT2D eigenvalue weighted by atomic mass is 10.1. The number of pyridine rings is 1. The summed E-state index contributed by atoms with van der Waals surface area (Å²) in [6.07, 6.45) is -7.80. The van der Waals surface area contributed by atoms with Crippen molar-refractivity contribution >= 4 is 15.9 Å². The zero-order chi connectivity index (χ0) is 12.5. The summed E-state index contributed by atoms with van der Waals surface area (Å²) >= 11 is 2.52. The first-order valence-electron chi connectivity index (χ1n) is 3.92. The van der Waals surface area contributed by atoms with Gasteiger partial charge in [0.15, 0.2) is 0 Å². The zero-order valence-corrected chi connectivity index (χ0v) is 9.11. The Morgan fingerprint density at radius 3 is 2.31 bits per heavy atom. The monoisotopic (exact) mass is 305 g/mol. The molecule has 1 N–H and O–H groups in total. The molecule has 1 aromatic rings. The van der Waals surface area contributed by atoms with Crippen molar-refractivity contribution in [1.29, 1.82) is 0 Å². The van der Waals surface area contributed by atoms with Gasteiger partial charge in [-0.2, -0.15) is 13.2 Å². The highest BCUT2D eigenvalue weighted by Crippen LogP contribution is 2.41. The predicted octanol–water partition coefficient (Wildman–Crippen LogP) is 3.29. The van der Waals surface area contributed by atoms with Gasteiger partial charge in [-0.1, -0.05) is 0 Å². The van der Waals surface area contributed by atoms with Gasteiger partial charge in [-0.3, -0.25) is 4.98 Å². The highest BCUT2D eigenvalue weighted by atomic mass is 79.9. The first kappa shape index (κ1) is 13.3. The molecule has 90 valence electrons. The summed E-state index contributed by atoms with van der Waals surface area (Å²) in [6.45, 7) is -0.771. The fourth-order valence-corrected chi connectivity index (χ4v) is 1.78. The molecule has 8 heteroatoms. The molecular weight excluding hydrogens is 301 g/mol. The summed E-state index contributed by atoms with van der Waals surface area (Å²) in [4.78, 5) is 3.32. The first-order chi connectivity index (χ1) is 7.29. The fraction of sp³-hybridized carbons (Fsp3) is 0.375. The molecule has 0 atom stereocenters. The predicted molar refractivity (Wildman–Crippen MR) is 47.8 cm³/mol. The van der Waals surface area contributed by atoms with Crippen LogP contribution in [0.1, 0.15) is 23.2 Å². The third kappa shape index (κ3) is 2.49. The quantitative estimate of drug-likeness (QED) is 0.851. The van der Waals surface area contributed by atoms with E-state index in [0.29, 0.717) is 6.20 Å². The molecule has 0 saturated heterocycles. The number of aromatic nitrogens is 1. The largest absolute Gasteiger partial charge is 0.418 e. The molecule has 1 rings (SSSR count). The second kappa shape index (κ2) is 4.62. The Morgan fingerprint density at radius 1 is 1.38 bits per heavy atom. The average molecular weight is 306 g/mol. The van der Waals surface area contributed by atoms with Crippen LogP contribution in [0.4, 0.5) is 22.0 Å². The third-order valence-electron chi connectivity index (χ3n) is 1.79. The third-order valence-corrected chi connectivity index (χ3v) is 2.64. The van der Waals surface area contributed by atoms with Gasteiger partial charge >= 0.3 is 6.18 Å². The summed E-state index contributed by atoms with van der Waals surface area (Å²) in [5.74, 6) is 0. The van der Waals surface area contributed by atoms with Crippen LogP contribution in [0.5, 0.6) is 0 Å². The molecule has 0 aromatic carbocycles. The summed E-state index contributed by atoms with van der Waals surface area (Å²) in [7, 11) is 0. The first-order valence-corrected chi connectivity index (χ1v) is 4.71. The second-order valence-electron chi connectivity index (χ2n) is 2.81. The van der Waals surface area contributed by atoms with Crippen molar-refractivity contribution in [2.24, 2.45) is 0 Å². The van der Waals surface area contributed by atoms with Crippen LogP contribution in [0.25, 0.3) is 0 Å². The number of halogens is 6. The number of aliphatic hydroxyl groups is 1. The normalized spacial score (nSPS) is 12.2. The molecule has 0 saturated carbocycles. The lowest BCUT2D eigenvalue weighted by molar-refractivity contribution is -0.140. The Balaban J connectivity index is 3.50. The van der Waals surface area contributed by atoms with E-state index in [1.807, 2.05) is 0 Å². The van der Waals surface area contributed by atoms with Crippen LogP contribution in [-0.4, -0.2) is 10.1 Å². The molecule has 0 aliphatic heterocycles. The standard InChI is InChI=1S/C8H5BrF5NO/c9-6-4(2-16)15-1-3(7(10)11)5(6)8(12,13)14/h1,7,16H,2H2. The highest BCUT2D eigenvalue weighted by molar-refractivity contribution is 9.10. The van der Waals surface area contributed by atoms with E-state index in [1.54, 1.807) is 0 Å². The van der Waals surface area contributed by atoms with Crippen LogP contribution in [0, 0.1) is 0 Å². The molecule has 1 heterocycles. The Hall–Kier alpha value is -0.760. The molecular formula is C8H5BrF5NO. The van der Waals surface area contributed by atoms with Crippen LogP contribution in [-0.2, 0) is 12.8 Å². The molecule has 1 aromatic heterocycles. The van der Waals surface area contributed by atoms with Gasteiger partial charge in [0.1, 0.15) is 0 Å². The Morgan fingerprint density at radius 2 is 1.94 bits per heavy atom. The van der Waals surface area contributed by atoms with Gasteiger partial charge in [0.05, 0.1) is 22.3 Å². The summed E-state index contributed by atoms with van der Waals surface area (Å²) in [5.41, 5.74) is -3.05. The molecule has 0 spiro atoms. The molecule has 2 nitrogen and oxygen atoms in total. The minimum atomic E-state index is -4.93. The van der Waals surface area contributed by atoms with Gasteiger partial charge in [0.25, 0.3) is 6.43 Å². The van der Waals surface area contributed by atoms with Gasteiger partial charge in [-0.25, -0.2) is 8.78 Å². The number of alkyl halides is 5. The number of nitrogens with zero attached hydrogens (tertiary/aromatic N) is 1. The maximum Gasteiger partial charge on any atom is 0.418 e. The van der Waals surface area contributed by atoms with Crippen molar-refractivity contribution in [1.82, 2.24) is 4.98 Å². The number of hydrogen-bond donors (Lipinski definition) is 1. The minimum Gasteiger partial charge on any atom is -0.390 e. The Kier molecular flexibility index (Phi) is 3.84. The van der Waals surface area contributed by atoms with Crippen molar-refractivity contribution < 1.29 is 27.1 Å². The number of rotatable bonds is 2. The van der Waals surface area contributed by atoms with Gasteiger partial charge in [-0.15, -0.1) is 0 Å². The molecule has 0 fully saturated rings. The maximum atomic E-state index is 12.5. The van der Waals surface area contributed by atoms with E-state index < -0.39 is 34.8 Å². The van der Waals surface area contributed by atoms with Crippen molar-refractivity contribution in [3.05, 3.63) is 27.5 Å². The number of aliphatic hydroxyl groups excluding tert-OH is 1. The molecule has 0 radical (unpaired) electrons. The summed E-state index contributed by atoms with van der Waals surface area (Å²) < 4.78 is 61.6. The molecule has 0 aliphatic carbocycles. The van der Waals surface area contributed by atoms with Crippen LogP contribution in [0.15, 0.2) is 10.7 Å². The van der Waals surface area contributed by atoms with Gasteiger partial charge in [0, 0.05) is 11.8 Å². The summed E-state index contributed by atoms with van der Waals surface area (Å²) in [5, 5.41) is 8.69. The highest BCUT2D eigenvalue weighted by Gasteiger charge is 2.39. The second-order valence-corrected chi connectivity index (χ2v) is 3.60. The lowest BCUT2D eigenvalue weighted by Crippen LogP contribution is -2.13. The van der Waals surface area contributed by atoms with E-state index in [1.165, 1.54) is 0 Å². The van der Waals surface area contributed by atoms with Gasteiger partial charge < -0.3 is 5.11 Å². The zero-order valence-electron chi connectivity index (χ0n) is 7.52.